The summed E-state index contributed by atoms with van der Waals surface area (Å²) in [7, 11) is 4.85. The first kappa shape index (κ1) is 16.2. The van der Waals surface area contributed by atoms with Crippen LogP contribution in [0.3, 0.4) is 0 Å². The molecule has 0 saturated heterocycles. The number of ether oxygens (including phenoxy) is 2. The van der Waals surface area contributed by atoms with E-state index in [0.717, 1.165) is 5.56 Å². The molecule has 1 aromatic carbocycles. The van der Waals surface area contributed by atoms with Gasteiger partial charge in [-0.25, -0.2) is 0 Å². The van der Waals surface area contributed by atoms with Gasteiger partial charge in [-0.3, -0.25) is 9.48 Å². The zero-order valence-corrected chi connectivity index (χ0v) is 13.7. The lowest BCUT2D eigenvalue weighted by molar-refractivity contribution is 0.0950. The molecule has 0 atom stereocenters. The van der Waals surface area contributed by atoms with Crippen molar-refractivity contribution in [2.75, 3.05) is 14.2 Å². The first-order chi connectivity index (χ1) is 10.5. The van der Waals surface area contributed by atoms with Gasteiger partial charge in [-0.05, 0) is 19.1 Å². The van der Waals surface area contributed by atoms with Crippen molar-refractivity contribution in [1.82, 2.24) is 15.1 Å². The van der Waals surface area contributed by atoms with Crippen LogP contribution < -0.4 is 14.8 Å². The van der Waals surface area contributed by atoms with Gasteiger partial charge in [0.15, 0.2) is 0 Å². The summed E-state index contributed by atoms with van der Waals surface area (Å²) in [5.41, 5.74) is 1.82. The maximum absolute atomic E-state index is 12.3. The Kier molecular flexibility index (Phi) is 4.92. The molecule has 0 saturated carbocycles. The number of nitrogens with zero attached hydrogens (tertiary/aromatic N) is 2. The normalized spacial score (nSPS) is 10.4. The van der Waals surface area contributed by atoms with Crippen molar-refractivity contribution in [1.29, 1.82) is 0 Å². The van der Waals surface area contributed by atoms with Gasteiger partial charge in [0.05, 0.1) is 25.5 Å². The summed E-state index contributed by atoms with van der Waals surface area (Å²) in [6.07, 6.45) is 0. The predicted molar refractivity (Wildman–Crippen MR) is 83.7 cm³/mol. The molecule has 1 amide bonds. The summed E-state index contributed by atoms with van der Waals surface area (Å²) in [6.45, 7) is 2.06. The first-order valence-electron chi connectivity index (χ1n) is 6.66. The van der Waals surface area contributed by atoms with Crippen molar-refractivity contribution < 1.29 is 14.3 Å². The number of carbonyl (C=O) groups excluding carboxylic acids is 1. The number of aryl methyl sites for hydroxylation is 2. The quantitative estimate of drug-likeness (QED) is 0.917. The zero-order valence-electron chi connectivity index (χ0n) is 12.9. The molecule has 1 aromatic heterocycles. The Morgan fingerprint density at radius 3 is 2.64 bits per heavy atom. The minimum absolute atomic E-state index is 0.270. The average Bonchev–Trinajstić information content (AvgIpc) is 2.77. The van der Waals surface area contributed by atoms with Crippen LogP contribution in [-0.2, 0) is 13.6 Å². The Bertz CT molecular complexity index is 698. The molecule has 22 heavy (non-hydrogen) atoms. The highest BCUT2D eigenvalue weighted by molar-refractivity contribution is 6.33. The zero-order chi connectivity index (χ0) is 16.3. The lowest BCUT2D eigenvalue weighted by atomic mass is 10.1. The molecule has 6 nitrogen and oxygen atoms in total. The Morgan fingerprint density at radius 1 is 1.36 bits per heavy atom. The highest BCUT2D eigenvalue weighted by Gasteiger charge is 2.19. The van der Waals surface area contributed by atoms with Crippen LogP contribution in [0.1, 0.15) is 21.6 Å². The van der Waals surface area contributed by atoms with Gasteiger partial charge in [0.2, 0.25) is 0 Å². The maximum Gasteiger partial charge on any atom is 0.256 e. The minimum atomic E-state index is -0.270. The van der Waals surface area contributed by atoms with E-state index in [9.17, 15) is 4.79 Å². The lowest BCUT2D eigenvalue weighted by Crippen LogP contribution is -2.23. The highest BCUT2D eigenvalue weighted by atomic mass is 35.5. The van der Waals surface area contributed by atoms with Crippen molar-refractivity contribution in [2.24, 2.45) is 7.05 Å². The number of hydrogen-bond donors (Lipinski definition) is 1. The second-order valence-corrected chi connectivity index (χ2v) is 5.09. The second-order valence-electron chi connectivity index (χ2n) is 4.74. The molecular formula is C15H18ClN3O3. The molecule has 0 aliphatic heterocycles. The molecule has 0 spiro atoms. The molecule has 0 aliphatic rings. The maximum atomic E-state index is 12.3. The third kappa shape index (κ3) is 3.17. The van der Waals surface area contributed by atoms with E-state index in [4.69, 9.17) is 21.1 Å². The van der Waals surface area contributed by atoms with Crippen molar-refractivity contribution in [2.45, 2.75) is 13.5 Å². The summed E-state index contributed by atoms with van der Waals surface area (Å²) in [6, 6.07) is 5.42. The number of carbonyl (C=O) groups is 1. The van der Waals surface area contributed by atoms with Gasteiger partial charge in [-0.1, -0.05) is 11.6 Å². The highest BCUT2D eigenvalue weighted by Crippen LogP contribution is 2.25. The Balaban J connectivity index is 2.14. The molecule has 0 fully saturated rings. The SMILES string of the molecule is COc1ccc(CNC(=O)c2c(C)nn(C)c2Cl)c(OC)c1. The van der Waals surface area contributed by atoms with Crippen LogP contribution in [0.2, 0.25) is 5.15 Å². The van der Waals surface area contributed by atoms with E-state index in [-0.39, 0.29) is 5.91 Å². The van der Waals surface area contributed by atoms with Gasteiger partial charge in [0, 0.05) is 25.2 Å². The number of benzene rings is 1. The lowest BCUT2D eigenvalue weighted by Gasteiger charge is -2.11. The van der Waals surface area contributed by atoms with Crippen LogP contribution in [0.15, 0.2) is 18.2 Å². The van der Waals surface area contributed by atoms with Crippen LogP contribution in [-0.4, -0.2) is 29.9 Å². The minimum Gasteiger partial charge on any atom is -0.497 e. The fraction of sp³-hybridized carbons (Fsp3) is 0.333. The van der Waals surface area contributed by atoms with Crippen molar-refractivity contribution in [3.63, 3.8) is 0 Å². The molecule has 0 radical (unpaired) electrons. The van der Waals surface area contributed by atoms with Crippen molar-refractivity contribution >= 4 is 17.5 Å². The van der Waals surface area contributed by atoms with Crippen molar-refractivity contribution in [3.8, 4) is 11.5 Å². The fourth-order valence-electron chi connectivity index (χ4n) is 2.15. The number of halogens is 1. The van der Waals surface area contributed by atoms with Crippen LogP contribution in [0.25, 0.3) is 0 Å². The van der Waals surface area contributed by atoms with E-state index in [1.807, 2.05) is 12.1 Å². The van der Waals surface area contributed by atoms with E-state index >= 15 is 0 Å². The van der Waals surface area contributed by atoms with Gasteiger partial charge in [0.1, 0.15) is 16.7 Å². The number of methoxy groups -OCH3 is 2. The third-order valence-corrected chi connectivity index (χ3v) is 3.75. The molecule has 2 rings (SSSR count). The van der Waals surface area contributed by atoms with Crippen LogP contribution in [0, 0.1) is 6.92 Å². The van der Waals surface area contributed by atoms with Gasteiger partial charge in [-0.2, -0.15) is 5.10 Å². The van der Waals surface area contributed by atoms with E-state index in [1.54, 1.807) is 34.3 Å². The smallest absolute Gasteiger partial charge is 0.256 e. The standard InChI is InChI=1S/C15H18ClN3O3/c1-9-13(14(16)19(2)18-9)15(20)17-8-10-5-6-11(21-3)7-12(10)22-4/h5-7H,8H2,1-4H3,(H,17,20). The molecule has 1 heterocycles. The van der Waals surface area contributed by atoms with Crippen LogP contribution in [0.5, 0.6) is 11.5 Å². The van der Waals surface area contributed by atoms with Gasteiger partial charge >= 0.3 is 0 Å². The molecule has 0 bridgehead atoms. The predicted octanol–water partition coefficient (Wildman–Crippen LogP) is 2.33. The fourth-order valence-corrected chi connectivity index (χ4v) is 2.41. The van der Waals surface area contributed by atoms with Gasteiger partial charge in [-0.15, -0.1) is 0 Å². The summed E-state index contributed by atoms with van der Waals surface area (Å²) < 4.78 is 11.9. The van der Waals surface area contributed by atoms with Crippen LogP contribution in [0.4, 0.5) is 0 Å². The number of aromatic nitrogens is 2. The molecular weight excluding hydrogens is 306 g/mol. The monoisotopic (exact) mass is 323 g/mol. The molecule has 1 N–H and O–H groups in total. The topological polar surface area (TPSA) is 65.4 Å². The molecule has 0 aliphatic carbocycles. The van der Waals surface area contributed by atoms with E-state index in [0.29, 0.717) is 34.5 Å². The van der Waals surface area contributed by atoms with E-state index in [2.05, 4.69) is 10.4 Å². The largest absolute Gasteiger partial charge is 0.497 e. The Morgan fingerprint density at radius 2 is 2.09 bits per heavy atom. The summed E-state index contributed by atoms with van der Waals surface area (Å²) in [5, 5.41) is 7.27. The summed E-state index contributed by atoms with van der Waals surface area (Å²) in [4.78, 5) is 12.3. The van der Waals surface area contributed by atoms with Crippen LogP contribution >= 0.6 is 11.6 Å². The molecule has 2 aromatic rings. The van der Waals surface area contributed by atoms with E-state index < -0.39 is 0 Å². The molecule has 118 valence electrons. The average molecular weight is 324 g/mol. The summed E-state index contributed by atoms with van der Waals surface area (Å²) >= 11 is 6.09. The third-order valence-electron chi connectivity index (χ3n) is 3.31. The number of rotatable bonds is 5. The number of hydrogen-bond acceptors (Lipinski definition) is 4. The van der Waals surface area contributed by atoms with E-state index in [1.165, 1.54) is 4.68 Å². The molecule has 0 unspecified atom stereocenters. The first-order valence-corrected chi connectivity index (χ1v) is 7.04. The second kappa shape index (κ2) is 6.70. The Hall–Kier alpha value is -2.21. The number of nitrogens with one attached hydrogen (secondary N) is 1. The van der Waals surface area contributed by atoms with Gasteiger partial charge in [0.25, 0.3) is 5.91 Å². The Labute approximate surface area is 134 Å². The number of amides is 1. The molecule has 7 heteroatoms. The summed E-state index contributed by atoms with van der Waals surface area (Å²) in [5.74, 6) is 1.07. The van der Waals surface area contributed by atoms with Gasteiger partial charge < -0.3 is 14.8 Å². The van der Waals surface area contributed by atoms with Crippen molar-refractivity contribution in [3.05, 3.63) is 40.2 Å².